The van der Waals surface area contributed by atoms with Gasteiger partial charge < -0.3 is 14.6 Å². The number of hydrogen-bond acceptors (Lipinski definition) is 9. The first kappa shape index (κ1) is 29.3. The third-order valence-corrected chi connectivity index (χ3v) is 8.76. The van der Waals surface area contributed by atoms with Crippen LogP contribution in [0.4, 0.5) is 9.52 Å². The number of Topliss-reactive ketones (excluding diaryl/α,β-unsaturated/α-hetero) is 1. The van der Waals surface area contributed by atoms with Gasteiger partial charge in [0.15, 0.2) is 4.34 Å². The SMILES string of the molecule is CCCCOc1cccc(C2/C(=C(\O)c3ccc(OC)cc3)C(=O)C(=O)N2c2nnc(SCc3ccccc3F)s2)c1. The molecule has 1 aliphatic heterocycles. The molecule has 1 aliphatic rings. The van der Waals surface area contributed by atoms with Crippen LogP contribution in [0.1, 0.15) is 42.5 Å². The van der Waals surface area contributed by atoms with Gasteiger partial charge in [0.05, 0.1) is 25.3 Å². The smallest absolute Gasteiger partial charge is 0.301 e. The number of aliphatic hydroxyl groups excluding tert-OH is 1. The van der Waals surface area contributed by atoms with Gasteiger partial charge in [-0.15, -0.1) is 10.2 Å². The molecule has 42 heavy (non-hydrogen) atoms. The number of anilines is 1. The molecule has 216 valence electrons. The Morgan fingerprint density at radius 1 is 1.05 bits per heavy atom. The Labute approximate surface area is 250 Å². The third-order valence-electron chi connectivity index (χ3n) is 6.66. The van der Waals surface area contributed by atoms with E-state index in [-0.39, 0.29) is 22.3 Å². The minimum absolute atomic E-state index is 0.0772. The zero-order valence-corrected chi connectivity index (χ0v) is 24.6. The Morgan fingerprint density at radius 2 is 1.83 bits per heavy atom. The van der Waals surface area contributed by atoms with Crippen LogP contribution in [0.25, 0.3) is 5.76 Å². The predicted octanol–water partition coefficient (Wildman–Crippen LogP) is 6.78. The van der Waals surface area contributed by atoms with Crippen molar-refractivity contribution >= 4 is 45.7 Å². The first-order valence-electron chi connectivity index (χ1n) is 13.3. The van der Waals surface area contributed by atoms with E-state index in [1.165, 1.54) is 29.8 Å². The molecule has 1 saturated heterocycles. The summed E-state index contributed by atoms with van der Waals surface area (Å²) in [7, 11) is 1.53. The van der Waals surface area contributed by atoms with Gasteiger partial charge in [0.25, 0.3) is 5.78 Å². The summed E-state index contributed by atoms with van der Waals surface area (Å²) in [5.74, 6) is -0.850. The first-order chi connectivity index (χ1) is 20.4. The summed E-state index contributed by atoms with van der Waals surface area (Å²) in [6.07, 6.45) is 1.84. The summed E-state index contributed by atoms with van der Waals surface area (Å²) in [5, 5.41) is 20.0. The summed E-state index contributed by atoms with van der Waals surface area (Å²) >= 11 is 2.39. The fraction of sp³-hybridized carbons (Fsp3) is 0.226. The first-order valence-corrected chi connectivity index (χ1v) is 15.1. The quantitative estimate of drug-likeness (QED) is 0.0499. The van der Waals surface area contributed by atoms with Crippen LogP contribution in [0.3, 0.4) is 0 Å². The fourth-order valence-electron chi connectivity index (χ4n) is 4.47. The molecule has 0 aliphatic carbocycles. The number of ketones is 1. The molecule has 5 rings (SSSR count). The van der Waals surface area contributed by atoms with Crippen LogP contribution in [0.15, 0.2) is 82.7 Å². The van der Waals surface area contributed by atoms with E-state index in [4.69, 9.17) is 9.47 Å². The summed E-state index contributed by atoms with van der Waals surface area (Å²) in [5.41, 5.74) is 1.35. The second-order valence-corrected chi connectivity index (χ2v) is 11.6. The number of halogens is 1. The second-order valence-electron chi connectivity index (χ2n) is 9.40. The number of hydrogen-bond donors (Lipinski definition) is 1. The zero-order valence-electron chi connectivity index (χ0n) is 23.0. The molecule has 1 atom stereocenters. The van der Waals surface area contributed by atoms with Gasteiger partial charge in [0.2, 0.25) is 5.13 Å². The van der Waals surface area contributed by atoms with Gasteiger partial charge in [-0.25, -0.2) is 4.39 Å². The number of aliphatic hydroxyl groups is 1. The lowest BCUT2D eigenvalue weighted by Gasteiger charge is -2.23. The Morgan fingerprint density at radius 3 is 2.57 bits per heavy atom. The Balaban J connectivity index is 1.54. The van der Waals surface area contributed by atoms with Crippen LogP contribution in [0.5, 0.6) is 11.5 Å². The second kappa shape index (κ2) is 13.2. The molecule has 1 amide bonds. The monoisotopic (exact) mass is 605 g/mol. The van der Waals surface area contributed by atoms with E-state index in [2.05, 4.69) is 17.1 Å². The van der Waals surface area contributed by atoms with Crippen LogP contribution >= 0.6 is 23.1 Å². The number of methoxy groups -OCH3 is 1. The minimum Gasteiger partial charge on any atom is -0.507 e. The van der Waals surface area contributed by atoms with Gasteiger partial charge in [-0.2, -0.15) is 0 Å². The standard InChI is InChI=1S/C31H28FN3O5S2/c1-3-4-16-40-23-10-7-9-20(17-23)26-25(27(36)19-12-14-22(39-2)15-13-19)28(37)29(38)35(26)30-33-34-31(42-30)41-18-21-8-5-6-11-24(21)32/h5-15,17,26,36H,3-4,16,18H2,1-2H3/b27-25+. The van der Waals surface area contributed by atoms with Crippen molar-refractivity contribution in [3.63, 3.8) is 0 Å². The van der Waals surface area contributed by atoms with Gasteiger partial charge in [-0.3, -0.25) is 14.5 Å². The van der Waals surface area contributed by atoms with Crippen molar-refractivity contribution in [2.45, 2.75) is 35.9 Å². The van der Waals surface area contributed by atoms with E-state index in [0.717, 1.165) is 24.2 Å². The maximum atomic E-state index is 14.1. The van der Waals surface area contributed by atoms with Crippen molar-refractivity contribution in [3.8, 4) is 11.5 Å². The molecule has 3 aromatic carbocycles. The van der Waals surface area contributed by atoms with Crippen LogP contribution in [0, 0.1) is 5.82 Å². The summed E-state index contributed by atoms with van der Waals surface area (Å²) in [6, 6.07) is 19.1. The molecule has 0 radical (unpaired) electrons. The van der Waals surface area contributed by atoms with Crippen LogP contribution in [0.2, 0.25) is 0 Å². The maximum absolute atomic E-state index is 14.1. The maximum Gasteiger partial charge on any atom is 0.301 e. The Kier molecular flexibility index (Phi) is 9.19. The van der Waals surface area contributed by atoms with E-state index in [0.29, 0.717) is 44.9 Å². The highest BCUT2D eigenvalue weighted by Crippen LogP contribution is 2.44. The number of rotatable bonds is 11. The molecule has 1 unspecified atom stereocenters. The Bertz CT molecular complexity index is 1620. The molecule has 4 aromatic rings. The Hall–Kier alpha value is -4.22. The fourth-order valence-corrected chi connectivity index (χ4v) is 6.33. The number of nitrogens with zero attached hydrogens (tertiary/aromatic N) is 3. The molecule has 0 bridgehead atoms. The number of carbonyl (C=O) groups is 2. The van der Waals surface area contributed by atoms with Gasteiger partial charge >= 0.3 is 5.91 Å². The third kappa shape index (κ3) is 6.17. The van der Waals surface area contributed by atoms with Crippen molar-refractivity contribution in [1.82, 2.24) is 10.2 Å². The van der Waals surface area contributed by atoms with E-state index in [1.807, 2.05) is 0 Å². The highest BCUT2D eigenvalue weighted by Gasteiger charge is 2.48. The number of carbonyl (C=O) groups excluding carboxylic acids is 2. The molecule has 0 spiro atoms. The normalized spacial score (nSPS) is 16.2. The molecular weight excluding hydrogens is 577 g/mol. The summed E-state index contributed by atoms with van der Waals surface area (Å²) in [4.78, 5) is 28.3. The van der Waals surface area contributed by atoms with Crippen molar-refractivity contribution in [2.24, 2.45) is 0 Å². The number of thioether (sulfide) groups is 1. The summed E-state index contributed by atoms with van der Waals surface area (Å²) in [6.45, 7) is 2.59. The van der Waals surface area contributed by atoms with Crippen LogP contribution in [-0.2, 0) is 15.3 Å². The largest absolute Gasteiger partial charge is 0.507 e. The predicted molar refractivity (Wildman–Crippen MR) is 160 cm³/mol. The van der Waals surface area contributed by atoms with Gasteiger partial charge in [0, 0.05) is 11.3 Å². The number of aromatic nitrogens is 2. The van der Waals surface area contributed by atoms with E-state index in [1.54, 1.807) is 66.7 Å². The van der Waals surface area contributed by atoms with Crippen molar-refractivity contribution in [1.29, 1.82) is 0 Å². The van der Waals surface area contributed by atoms with Gasteiger partial charge in [-0.05, 0) is 60.0 Å². The number of ether oxygens (including phenoxy) is 2. The molecule has 1 fully saturated rings. The molecule has 8 nitrogen and oxygen atoms in total. The van der Waals surface area contributed by atoms with Gasteiger partial charge in [-0.1, -0.05) is 66.8 Å². The molecule has 1 aromatic heterocycles. The van der Waals surface area contributed by atoms with Gasteiger partial charge in [0.1, 0.15) is 23.1 Å². The van der Waals surface area contributed by atoms with E-state index < -0.39 is 17.7 Å². The number of unbranched alkanes of at least 4 members (excludes halogenated alkanes) is 1. The minimum atomic E-state index is -0.987. The molecule has 2 heterocycles. The lowest BCUT2D eigenvalue weighted by atomic mass is 9.95. The van der Waals surface area contributed by atoms with Crippen molar-refractivity contribution in [3.05, 3.63) is 101 Å². The topological polar surface area (TPSA) is 102 Å². The van der Waals surface area contributed by atoms with E-state index in [9.17, 15) is 19.1 Å². The molecule has 11 heteroatoms. The molecular formula is C31H28FN3O5S2. The molecule has 1 N–H and O–H groups in total. The number of amides is 1. The average Bonchev–Trinajstić information content (AvgIpc) is 3.58. The lowest BCUT2D eigenvalue weighted by molar-refractivity contribution is -0.132. The van der Waals surface area contributed by atoms with Crippen molar-refractivity contribution < 1.29 is 28.6 Å². The lowest BCUT2D eigenvalue weighted by Crippen LogP contribution is -2.29. The van der Waals surface area contributed by atoms with Crippen LogP contribution < -0.4 is 14.4 Å². The van der Waals surface area contributed by atoms with Crippen molar-refractivity contribution in [2.75, 3.05) is 18.6 Å². The zero-order chi connectivity index (χ0) is 29.6. The average molecular weight is 606 g/mol. The highest BCUT2D eigenvalue weighted by molar-refractivity contribution is 8.00. The number of benzene rings is 3. The van der Waals surface area contributed by atoms with Crippen LogP contribution in [-0.4, -0.2) is 40.7 Å². The summed E-state index contributed by atoms with van der Waals surface area (Å²) < 4.78 is 25.7. The highest BCUT2D eigenvalue weighted by atomic mass is 32.2. The molecule has 0 saturated carbocycles. The van der Waals surface area contributed by atoms with E-state index >= 15 is 0 Å².